The third kappa shape index (κ3) is 3.64. The Morgan fingerprint density at radius 3 is 2.57 bits per heavy atom. The lowest BCUT2D eigenvalue weighted by Gasteiger charge is -2.25. The van der Waals surface area contributed by atoms with Crippen molar-refractivity contribution in [3.05, 3.63) is 71.1 Å². The van der Waals surface area contributed by atoms with Crippen LogP contribution in [0.1, 0.15) is 17.2 Å². The highest BCUT2D eigenvalue weighted by Gasteiger charge is 2.25. The van der Waals surface area contributed by atoms with Crippen molar-refractivity contribution in [1.82, 2.24) is 25.1 Å². The van der Waals surface area contributed by atoms with Crippen molar-refractivity contribution in [3.8, 4) is 21.1 Å². The Labute approximate surface area is 172 Å². The van der Waals surface area contributed by atoms with Gasteiger partial charge in [0.15, 0.2) is 5.82 Å². The molecule has 8 heteroatoms. The molecule has 3 N–H and O–H groups in total. The fraction of sp³-hybridized carbons (Fsp3) is 0.150. The summed E-state index contributed by atoms with van der Waals surface area (Å²) in [5.74, 6) is 1.24. The van der Waals surface area contributed by atoms with Crippen LogP contribution in [0, 0.1) is 0 Å². The number of anilines is 1. The van der Waals surface area contributed by atoms with E-state index in [2.05, 4.69) is 57.4 Å². The molecule has 0 bridgehead atoms. The van der Waals surface area contributed by atoms with Crippen LogP contribution in [0.5, 0.6) is 0 Å². The van der Waals surface area contributed by atoms with Gasteiger partial charge in [-0.15, -0.1) is 21.5 Å². The zero-order valence-electron chi connectivity index (χ0n) is 15.4. The zero-order chi connectivity index (χ0) is 19.7. The summed E-state index contributed by atoms with van der Waals surface area (Å²) in [6, 6.07) is 14.0. The minimum atomic E-state index is 0.0292. The van der Waals surface area contributed by atoms with Crippen molar-refractivity contribution < 1.29 is 0 Å². The SMILES string of the molecule is CN(C)C(c1ccc(Cl)cc1)c1cc(-c2ccnc(N)c2)sc1-c1nnc[nH]1. The van der Waals surface area contributed by atoms with Gasteiger partial charge in [-0.2, -0.15) is 0 Å². The number of nitrogen functional groups attached to an aromatic ring is 1. The standard InChI is InChI=1S/C20H19ClN6S/c1-27(2)18(12-3-5-14(21)6-4-12)15-10-16(13-7-8-23-17(22)9-13)28-19(15)20-24-11-25-26-20/h3-11,18H,1-2H3,(H2,22,23)(H,24,25,26). The number of rotatable bonds is 5. The fourth-order valence-corrected chi connectivity index (χ4v) is 4.52. The Hall–Kier alpha value is -2.74. The number of pyridine rings is 1. The number of nitrogens with one attached hydrogen (secondary N) is 1. The van der Waals surface area contributed by atoms with Crippen molar-refractivity contribution in [1.29, 1.82) is 0 Å². The summed E-state index contributed by atoms with van der Waals surface area (Å²) in [6.45, 7) is 0. The first kappa shape index (κ1) is 18.6. The van der Waals surface area contributed by atoms with E-state index in [9.17, 15) is 0 Å². The molecule has 4 aromatic rings. The maximum atomic E-state index is 6.10. The van der Waals surface area contributed by atoms with Crippen LogP contribution in [-0.2, 0) is 0 Å². The molecule has 0 amide bonds. The van der Waals surface area contributed by atoms with Gasteiger partial charge < -0.3 is 10.7 Å². The van der Waals surface area contributed by atoms with Crippen LogP contribution in [0.3, 0.4) is 0 Å². The molecule has 0 aliphatic heterocycles. The first-order chi connectivity index (χ1) is 13.5. The molecule has 0 saturated carbocycles. The smallest absolute Gasteiger partial charge is 0.171 e. The molecule has 0 saturated heterocycles. The monoisotopic (exact) mass is 410 g/mol. The Kier molecular flexibility index (Phi) is 5.13. The fourth-order valence-electron chi connectivity index (χ4n) is 3.25. The van der Waals surface area contributed by atoms with E-state index in [0.717, 1.165) is 37.3 Å². The molecule has 28 heavy (non-hydrogen) atoms. The van der Waals surface area contributed by atoms with Crippen LogP contribution in [0.4, 0.5) is 5.82 Å². The Balaban J connectivity index is 1.89. The zero-order valence-corrected chi connectivity index (χ0v) is 17.0. The van der Waals surface area contributed by atoms with E-state index in [0.29, 0.717) is 5.82 Å². The van der Waals surface area contributed by atoms with Crippen LogP contribution >= 0.6 is 22.9 Å². The van der Waals surface area contributed by atoms with Crippen molar-refractivity contribution >= 4 is 28.8 Å². The van der Waals surface area contributed by atoms with Crippen LogP contribution in [0.2, 0.25) is 5.02 Å². The Bertz CT molecular complexity index is 1070. The summed E-state index contributed by atoms with van der Waals surface area (Å²) < 4.78 is 0. The number of thiophene rings is 1. The number of nitrogens with two attached hydrogens (primary N) is 1. The van der Waals surface area contributed by atoms with Gasteiger partial charge in [0.05, 0.1) is 10.9 Å². The summed E-state index contributed by atoms with van der Waals surface area (Å²) in [4.78, 5) is 11.5. The van der Waals surface area contributed by atoms with E-state index in [-0.39, 0.29) is 6.04 Å². The number of halogens is 1. The molecule has 0 fully saturated rings. The van der Waals surface area contributed by atoms with Gasteiger partial charge in [0.2, 0.25) is 0 Å². The van der Waals surface area contributed by atoms with Gasteiger partial charge in [0, 0.05) is 16.1 Å². The minimum absolute atomic E-state index is 0.0292. The highest BCUT2D eigenvalue weighted by atomic mass is 35.5. The predicted octanol–water partition coefficient (Wildman–Crippen LogP) is 4.48. The second-order valence-corrected chi connectivity index (χ2v) is 8.11. The van der Waals surface area contributed by atoms with E-state index >= 15 is 0 Å². The summed E-state index contributed by atoms with van der Waals surface area (Å²) in [6.07, 6.45) is 3.32. The first-order valence-corrected chi connectivity index (χ1v) is 9.86. The minimum Gasteiger partial charge on any atom is -0.384 e. The summed E-state index contributed by atoms with van der Waals surface area (Å²) in [5.41, 5.74) is 9.20. The maximum Gasteiger partial charge on any atom is 0.171 e. The van der Waals surface area contributed by atoms with Gasteiger partial charge in [-0.1, -0.05) is 23.7 Å². The molecule has 6 nitrogen and oxygen atoms in total. The van der Waals surface area contributed by atoms with Crippen molar-refractivity contribution in [2.75, 3.05) is 19.8 Å². The van der Waals surface area contributed by atoms with Crippen LogP contribution in [0.15, 0.2) is 55.0 Å². The number of H-pyrrole nitrogens is 1. The number of aromatic nitrogens is 4. The third-order valence-corrected chi connectivity index (χ3v) is 5.91. The van der Waals surface area contributed by atoms with Crippen LogP contribution in [0.25, 0.3) is 21.1 Å². The van der Waals surface area contributed by atoms with Gasteiger partial charge in [-0.25, -0.2) is 4.98 Å². The highest BCUT2D eigenvalue weighted by molar-refractivity contribution is 7.19. The molecule has 3 aromatic heterocycles. The summed E-state index contributed by atoms with van der Waals surface area (Å²) in [5, 5.41) is 8.93. The van der Waals surface area contributed by atoms with Crippen molar-refractivity contribution in [2.24, 2.45) is 0 Å². The number of nitrogens with zero attached hydrogens (tertiary/aromatic N) is 4. The van der Waals surface area contributed by atoms with E-state index < -0.39 is 0 Å². The van der Waals surface area contributed by atoms with E-state index in [4.69, 9.17) is 17.3 Å². The van der Waals surface area contributed by atoms with E-state index in [1.807, 2.05) is 24.3 Å². The van der Waals surface area contributed by atoms with Crippen molar-refractivity contribution in [3.63, 3.8) is 0 Å². The van der Waals surface area contributed by atoms with Crippen LogP contribution < -0.4 is 5.73 Å². The van der Waals surface area contributed by atoms with Gasteiger partial charge in [0.1, 0.15) is 12.1 Å². The molecule has 0 radical (unpaired) electrons. The molecule has 1 unspecified atom stereocenters. The first-order valence-electron chi connectivity index (χ1n) is 8.67. The molecular formula is C20H19ClN6S. The Morgan fingerprint density at radius 2 is 1.93 bits per heavy atom. The molecule has 142 valence electrons. The highest BCUT2D eigenvalue weighted by Crippen LogP contribution is 2.43. The van der Waals surface area contributed by atoms with E-state index in [1.165, 1.54) is 0 Å². The van der Waals surface area contributed by atoms with Crippen molar-refractivity contribution in [2.45, 2.75) is 6.04 Å². The lowest BCUT2D eigenvalue weighted by Crippen LogP contribution is -2.21. The van der Waals surface area contributed by atoms with Crippen LogP contribution in [-0.4, -0.2) is 39.2 Å². The third-order valence-electron chi connectivity index (χ3n) is 4.45. The van der Waals surface area contributed by atoms with Gasteiger partial charge >= 0.3 is 0 Å². The summed E-state index contributed by atoms with van der Waals surface area (Å²) in [7, 11) is 4.12. The lowest BCUT2D eigenvalue weighted by molar-refractivity contribution is 0.343. The molecule has 1 atom stereocenters. The number of hydrogen-bond acceptors (Lipinski definition) is 6. The van der Waals surface area contributed by atoms with Gasteiger partial charge in [0.25, 0.3) is 0 Å². The topological polar surface area (TPSA) is 83.7 Å². The average Bonchev–Trinajstić information content (AvgIpc) is 3.33. The van der Waals surface area contributed by atoms with Gasteiger partial charge in [-0.3, -0.25) is 4.90 Å². The average molecular weight is 411 g/mol. The second-order valence-electron chi connectivity index (χ2n) is 6.62. The molecule has 0 spiro atoms. The molecule has 1 aromatic carbocycles. The second kappa shape index (κ2) is 7.71. The van der Waals surface area contributed by atoms with Gasteiger partial charge in [-0.05, 0) is 61.1 Å². The molecule has 3 heterocycles. The molecule has 0 aliphatic rings. The molecule has 0 aliphatic carbocycles. The Morgan fingerprint density at radius 1 is 1.14 bits per heavy atom. The summed E-state index contributed by atoms with van der Waals surface area (Å²) >= 11 is 7.75. The largest absolute Gasteiger partial charge is 0.384 e. The van der Waals surface area contributed by atoms with E-state index in [1.54, 1.807) is 23.9 Å². The number of aromatic amines is 1. The molecule has 4 rings (SSSR count). The number of hydrogen-bond donors (Lipinski definition) is 2. The molecular weight excluding hydrogens is 392 g/mol. The number of benzene rings is 1. The quantitative estimate of drug-likeness (QED) is 0.506. The maximum absolute atomic E-state index is 6.10. The lowest BCUT2D eigenvalue weighted by atomic mass is 9.97. The predicted molar refractivity (Wildman–Crippen MR) is 114 cm³/mol. The normalized spacial score (nSPS) is 12.4.